The number of likely N-dealkylation sites (tertiary alicyclic amines) is 1. The first-order valence-electron chi connectivity index (χ1n) is 7.06. The Hall–Kier alpha value is -1.59. The molecule has 1 aliphatic heterocycles. The molecule has 1 aromatic carbocycles. The molecule has 114 valence electrons. The Bertz CT molecular complexity index is 518. The quantitative estimate of drug-likeness (QED) is 0.879. The second-order valence-electron chi connectivity index (χ2n) is 5.38. The molecule has 5 nitrogen and oxygen atoms in total. The average Bonchev–Trinajstić information content (AvgIpc) is 2.95. The molecule has 0 radical (unpaired) electrons. The summed E-state index contributed by atoms with van der Waals surface area (Å²) in [6.45, 7) is 3.68. The van der Waals surface area contributed by atoms with Crippen LogP contribution in [-0.2, 0) is 4.79 Å². The van der Waals surface area contributed by atoms with Crippen LogP contribution in [0.3, 0.4) is 0 Å². The number of amides is 2. The predicted octanol–water partition coefficient (Wildman–Crippen LogP) is 1.27. The molecule has 2 unspecified atom stereocenters. The lowest BCUT2D eigenvalue weighted by molar-refractivity contribution is -0.131. The number of nitrogens with two attached hydrogens (primary N) is 1. The summed E-state index contributed by atoms with van der Waals surface area (Å²) in [4.78, 5) is 26.1. The highest BCUT2D eigenvalue weighted by atomic mass is 35.5. The number of nitrogens with one attached hydrogen (secondary N) is 1. The Balaban J connectivity index is 1.91. The molecule has 0 bridgehead atoms. The summed E-state index contributed by atoms with van der Waals surface area (Å²) in [5.41, 5.74) is 6.11. The van der Waals surface area contributed by atoms with Crippen LogP contribution in [0.1, 0.15) is 23.7 Å². The van der Waals surface area contributed by atoms with Crippen molar-refractivity contribution >= 4 is 23.4 Å². The van der Waals surface area contributed by atoms with Gasteiger partial charge in [-0.05, 0) is 50.1 Å². The normalized spacial score (nSPS) is 19.4. The van der Waals surface area contributed by atoms with E-state index in [2.05, 4.69) is 5.32 Å². The smallest absolute Gasteiger partial charge is 0.251 e. The minimum atomic E-state index is -0.551. The molecule has 1 heterocycles. The molecule has 2 amide bonds. The molecule has 1 saturated heterocycles. The number of hydrogen-bond acceptors (Lipinski definition) is 3. The maximum absolute atomic E-state index is 12.3. The Labute approximate surface area is 129 Å². The fourth-order valence-corrected chi connectivity index (χ4v) is 2.57. The zero-order chi connectivity index (χ0) is 15.4. The van der Waals surface area contributed by atoms with Crippen molar-refractivity contribution < 1.29 is 9.59 Å². The van der Waals surface area contributed by atoms with Crippen molar-refractivity contribution in [2.24, 2.45) is 11.7 Å². The molecule has 1 fully saturated rings. The van der Waals surface area contributed by atoms with Gasteiger partial charge >= 0.3 is 0 Å². The topological polar surface area (TPSA) is 75.4 Å². The van der Waals surface area contributed by atoms with Crippen molar-refractivity contribution in [3.63, 3.8) is 0 Å². The third-order valence-corrected chi connectivity index (χ3v) is 4.01. The highest BCUT2D eigenvalue weighted by Gasteiger charge is 2.28. The largest absolute Gasteiger partial charge is 0.341 e. The zero-order valence-corrected chi connectivity index (χ0v) is 12.8. The van der Waals surface area contributed by atoms with Crippen LogP contribution in [0.2, 0.25) is 5.02 Å². The maximum atomic E-state index is 12.3. The summed E-state index contributed by atoms with van der Waals surface area (Å²) in [7, 11) is 0. The molecule has 6 heteroatoms. The van der Waals surface area contributed by atoms with E-state index in [0.29, 0.717) is 36.1 Å². The van der Waals surface area contributed by atoms with Crippen molar-refractivity contribution in [1.82, 2.24) is 10.2 Å². The van der Waals surface area contributed by atoms with Gasteiger partial charge in [0.15, 0.2) is 0 Å². The highest BCUT2D eigenvalue weighted by Crippen LogP contribution is 2.16. The van der Waals surface area contributed by atoms with E-state index in [0.717, 1.165) is 6.42 Å². The number of hydrogen-bond donors (Lipinski definition) is 2. The molecule has 2 atom stereocenters. The van der Waals surface area contributed by atoms with Crippen molar-refractivity contribution in [3.8, 4) is 0 Å². The third-order valence-electron chi connectivity index (χ3n) is 3.76. The fourth-order valence-electron chi connectivity index (χ4n) is 2.44. The molecular formula is C15H20ClN3O2. The number of benzene rings is 1. The van der Waals surface area contributed by atoms with Gasteiger partial charge in [-0.25, -0.2) is 0 Å². The van der Waals surface area contributed by atoms with Crippen molar-refractivity contribution in [1.29, 1.82) is 0 Å². The van der Waals surface area contributed by atoms with E-state index in [1.54, 1.807) is 36.1 Å². The van der Waals surface area contributed by atoms with E-state index in [9.17, 15) is 9.59 Å². The lowest BCUT2D eigenvalue weighted by Crippen LogP contribution is -2.46. The third kappa shape index (κ3) is 3.95. The summed E-state index contributed by atoms with van der Waals surface area (Å²) >= 11 is 5.78. The number of halogens is 1. The average molecular weight is 310 g/mol. The summed E-state index contributed by atoms with van der Waals surface area (Å²) in [6, 6.07) is 6.01. The molecular weight excluding hydrogens is 290 g/mol. The molecule has 0 spiro atoms. The van der Waals surface area contributed by atoms with E-state index < -0.39 is 6.04 Å². The second-order valence-corrected chi connectivity index (χ2v) is 5.81. The summed E-state index contributed by atoms with van der Waals surface area (Å²) in [5, 5.41) is 3.29. The van der Waals surface area contributed by atoms with Gasteiger partial charge in [0.05, 0.1) is 0 Å². The summed E-state index contributed by atoms with van der Waals surface area (Å²) in [5.74, 6) is 0.0310. The second kappa shape index (κ2) is 6.91. The van der Waals surface area contributed by atoms with Gasteiger partial charge in [0.2, 0.25) is 5.91 Å². The van der Waals surface area contributed by atoms with Crippen LogP contribution < -0.4 is 11.1 Å². The van der Waals surface area contributed by atoms with Gasteiger partial charge in [0, 0.05) is 23.7 Å². The zero-order valence-electron chi connectivity index (χ0n) is 12.0. The van der Waals surface area contributed by atoms with Crippen LogP contribution in [0, 0.1) is 5.92 Å². The lowest BCUT2D eigenvalue weighted by atomic mass is 10.1. The minimum absolute atomic E-state index is 0.0618. The van der Waals surface area contributed by atoms with Crippen LogP contribution in [0.15, 0.2) is 24.3 Å². The van der Waals surface area contributed by atoms with Crippen molar-refractivity contribution in [2.75, 3.05) is 19.6 Å². The fraction of sp³-hybridized carbons (Fsp3) is 0.467. The van der Waals surface area contributed by atoms with Crippen LogP contribution in [0.4, 0.5) is 0 Å². The molecule has 0 saturated carbocycles. The first-order valence-corrected chi connectivity index (χ1v) is 7.44. The monoisotopic (exact) mass is 309 g/mol. The van der Waals surface area contributed by atoms with Gasteiger partial charge < -0.3 is 16.0 Å². The lowest BCUT2D eigenvalue weighted by Gasteiger charge is -2.21. The Morgan fingerprint density at radius 1 is 1.43 bits per heavy atom. The van der Waals surface area contributed by atoms with Crippen molar-refractivity contribution in [3.05, 3.63) is 34.9 Å². The maximum Gasteiger partial charge on any atom is 0.251 e. The van der Waals surface area contributed by atoms with Crippen LogP contribution in [0.25, 0.3) is 0 Å². The van der Waals surface area contributed by atoms with E-state index in [4.69, 9.17) is 17.3 Å². The van der Waals surface area contributed by atoms with Crippen molar-refractivity contribution in [2.45, 2.75) is 19.4 Å². The van der Waals surface area contributed by atoms with Gasteiger partial charge in [-0.3, -0.25) is 9.59 Å². The molecule has 1 aromatic rings. The SMILES string of the molecule is CC(NC(=O)c1ccc(Cl)cc1)C(=O)N1CCC(CN)C1. The molecule has 3 N–H and O–H groups in total. The van der Waals surface area contributed by atoms with E-state index in [1.165, 1.54) is 0 Å². The van der Waals surface area contributed by atoms with Crippen LogP contribution in [0.5, 0.6) is 0 Å². The highest BCUT2D eigenvalue weighted by molar-refractivity contribution is 6.30. The van der Waals surface area contributed by atoms with Crippen LogP contribution >= 0.6 is 11.6 Å². The summed E-state index contributed by atoms with van der Waals surface area (Å²) in [6.07, 6.45) is 0.931. The molecule has 2 rings (SSSR count). The molecule has 0 aliphatic carbocycles. The number of carbonyl (C=O) groups is 2. The minimum Gasteiger partial charge on any atom is -0.341 e. The first kappa shape index (κ1) is 15.8. The standard InChI is InChI=1S/C15H20ClN3O2/c1-10(15(21)19-7-6-11(8-17)9-19)18-14(20)12-2-4-13(16)5-3-12/h2-5,10-11H,6-9,17H2,1H3,(H,18,20). The van der Waals surface area contributed by atoms with E-state index in [-0.39, 0.29) is 11.8 Å². The van der Waals surface area contributed by atoms with Gasteiger partial charge in [-0.2, -0.15) is 0 Å². The molecule has 0 aromatic heterocycles. The number of rotatable bonds is 4. The predicted molar refractivity (Wildman–Crippen MR) is 82.1 cm³/mol. The van der Waals surface area contributed by atoms with E-state index >= 15 is 0 Å². The number of carbonyl (C=O) groups excluding carboxylic acids is 2. The Morgan fingerprint density at radius 2 is 2.10 bits per heavy atom. The van der Waals surface area contributed by atoms with Gasteiger partial charge in [0.25, 0.3) is 5.91 Å². The van der Waals surface area contributed by atoms with E-state index in [1.807, 2.05) is 0 Å². The molecule has 21 heavy (non-hydrogen) atoms. The number of nitrogens with zero attached hydrogens (tertiary/aromatic N) is 1. The summed E-state index contributed by atoms with van der Waals surface area (Å²) < 4.78 is 0. The van der Waals surface area contributed by atoms with Gasteiger partial charge in [0.1, 0.15) is 6.04 Å². The van der Waals surface area contributed by atoms with Crippen LogP contribution in [-0.4, -0.2) is 42.4 Å². The van der Waals surface area contributed by atoms with Gasteiger partial charge in [-0.15, -0.1) is 0 Å². The Kier molecular flexibility index (Phi) is 5.20. The first-order chi connectivity index (χ1) is 10.0. The molecule has 1 aliphatic rings. The Morgan fingerprint density at radius 3 is 2.67 bits per heavy atom. The van der Waals surface area contributed by atoms with Gasteiger partial charge in [-0.1, -0.05) is 11.6 Å².